The monoisotopic (exact) mass is 247 g/mol. The summed E-state index contributed by atoms with van der Waals surface area (Å²) >= 11 is 0. The summed E-state index contributed by atoms with van der Waals surface area (Å²) in [5.74, 6) is -1.41. The number of carboxylic acids is 1. The topological polar surface area (TPSA) is 98.3 Å². The third kappa shape index (κ3) is 2.34. The Kier molecular flexibility index (Phi) is 3.05. The molecule has 1 heterocycles. The number of aromatic nitrogens is 2. The second kappa shape index (κ2) is 4.66. The average molecular weight is 247 g/mol. The number of nitro groups is 1. The van der Waals surface area contributed by atoms with Gasteiger partial charge in [-0.05, 0) is 5.56 Å². The highest BCUT2D eigenvalue weighted by Gasteiger charge is 2.24. The number of carbonyl (C=O) groups is 1. The van der Waals surface area contributed by atoms with Crippen molar-refractivity contribution in [3.05, 3.63) is 57.9 Å². The van der Waals surface area contributed by atoms with Gasteiger partial charge in [-0.15, -0.1) is 0 Å². The summed E-state index contributed by atoms with van der Waals surface area (Å²) in [5, 5.41) is 23.2. The lowest BCUT2D eigenvalue weighted by Gasteiger charge is -1.99. The molecule has 92 valence electrons. The highest BCUT2D eigenvalue weighted by Crippen LogP contribution is 2.17. The SMILES string of the molecule is O=C(O)c1nn(Cc2ccccc2)cc1[N+](=O)[O-]. The van der Waals surface area contributed by atoms with Crippen molar-refractivity contribution in [2.75, 3.05) is 0 Å². The van der Waals surface area contributed by atoms with Crippen LogP contribution in [0.5, 0.6) is 0 Å². The van der Waals surface area contributed by atoms with E-state index in [1.54, 1.807) is 0 Å². The highest BCUT2D eigenvalue weighted by molar-refractivity contribution is 5.89. The van der Waals surface area contributed by atoms with Gasteiger partial charge in [-0.25, -0.2) is 4.79 Å². The van der Waals surface area contributed by atoms with E-state index in [2.05, 4.69) is 5.10 Å². The number of hydrogen-bond donors (Lipinski definition) is 1. The summed E-state index contributed by atoms with van der Waals surface area (Å²) in [6, 6.07) is 9.15. The van der Waals surface area contributed by atoms with Crippen molar-refractivity contribution < 1.29 is 14.8 Å². The van der Waals surface area contributed by atoms with Crippen molar-refractivity contribution in [1.29, 1.82) is 0 Å². The lowest BCUT2D eigenvalue weighted by molar-refractivity contribution is -0.385. The average Bonchev–Trinajstić information content (AvgIpc) is 2.74. The van der Waals surface area contributed by atoms with Gasteiger partial charge >= 0.3 is 11.7 Å². The molecular formula is C11H9N3O4. The van der Waals surface area contributed by atoms with Crippen LogP contribution in [0.2, 0.25) is 0 Å². The Morgan fingerprint density at radius 3 is 2.56 bits per heavy atom. The molecule has 0 fully saturated rings. The third-order valence-electron chi connectivity index (χ3n) is 2.33. The van der Waals surface area contributed by atoms with Gasteiger partial charge in [0, 0.05) is 0 Å². The van der Waals surface area contributed by atoms with Crippen LogP contribution >= 0.6 is 0 Å². The van der Waals surface area contributed by atoms with Crippen molar-refractivity contribution in [1.82, 2.24) is 9.78 Å². The molecule has 18 heavy (non-hydrogen) atoms. The quantitative estimate of drug-likeness (QED) is 0.652. The number of carboxylic acid groups (broad SMARTS) is 1. The van der Waals surface area contributed by atoms with Crippen LogP contribution in [0.4, 0.5) is 5.69 Å². The summed E-state index contributed by atoms with van der Waals surface area (Å²) in [6.45, 7) is 0.287. The van der Waals surface area contributed by atoms with Crippen molar-refractivity contribution in [2.45, 2.75) is 6.54 Å². The first-order valence-electron chi connectivity index (χ1n) is 5.07. The minimum absolute atomic E-state index is 0.287. The molecule has 0 aliphatic carbocycles. The Hall–Kier alpha value is -2.70. The van der Waals surface area contributed by atoms with E-state index in [4.69, 9.17) is 5.11 Å². The third-order valence-corrected chi connectivity index (χ3v) is 2.33. The molecule has 1 aromatic heterocycles. The first-order valence-corrected chi connectivity index (χ1v) is 5.07. The van der Waals surface area contributed by atoms with Gasteiger partial charge in [0.1, 0.15) is 6.20 Å². The molecule has 0 unspecified atom stereocenters. The van der Waals surface area contributed by atoms with Gasteiger partial charge in [0.25, 0.3) is 0 Å². The van der Waals surface area contributed by atoms with Crippen LogP contribution in [0.15, 0.2) is 36.5 Å². The molecule has 0 spiro atoms. The molecule has 0 amide bonds. The van der Waals surface area contributed by atoms with Gasteiger partial charge in [-0.1, -0.05) is 30.3 Å². The minimum Gasteiger partial charge on any atom is -0.476 e. The van der Waals surface area contributed by atoms with Gasteiger partial charge in [-0.2, -0.15) is 5.10 Å². The molecule has 1 N–H and O–H groups in total. The van der Waals surface area contributed by atoms with E-state index in [9.17, 15) is 14.9 Å². The lowest BCUT2D eigenvalue weighted by Crippen LogP contribution is -2.04. The number of benzene rings is 1. The van der Waals surface area contributed by atoms with Gasteiger partial charge < -0.3 is 5.11 Å². The number of hydrogen-bond acceptors (Lipinski definition) is 4. The van der Waals surface area contributed by atoms with Crippen molar-refractivity contribution in [3.8, 4) is 0 Å². The van der Waals surface area contributed by atoms with E-state index >= 15 is 0 Å². The summed E-state index contributed by atoms with van der Waals surface area (Å²) in [4.78, 5) is 20.7. The Balaban J connectivity index is 2.33. The van der Waals surface area contributed by atoms with E-state index in [0.717, 1.165) is 11.8 Å². The fraction of sp³-hybridized carbons (Fsp3) is 0.0909. The van der Waals surface area contributed by atoms with Gasteiger partial charge in [-0.3, -0.25) is 14.8 Å². The van der Waals surface area contributed by atoms with Crippen molar-refractivity contribution in [2.24, 2.45) is 0 Å². The maximum Gasteiger partial charge on any atom is 0.363 e. The molecule has 1 aromatic carbocycles. The molecule has 0 saturated heterocycles. The maximum absolute atomic E-state index is 10.8. The molecule has 0 radical (unpaired) electrons. The van der Waals surface area contributed by atoms with E-state index < -0.39 is 22.3 Å². The van der Waals surface area contributed by atoms with Crippen LogP contribution in [-0.4, -0.2) is 25.8 Å². The van der Waals surface area contributed by atoms with E-state index in [1.807, 2.05) is 30.3 Å². The van der Waals surface area contributed by atoms with Crippen LogP contribution in [0, 0.1) is 10.1 Å². The molecule has 0 aliphatic heterocycles. The molecule has 0 bridgehead atoms. The van der Waals surface area contributed by atoms with Gasteiger partial charge in [0.15, 0.2) is 0 Å². The minimum atomic E-state index is -1.41. The molecule has 0 atom stereocenters. The van der Waals surface area contributed by atoms with Crippen LogP contribution in [-0.2, 0) is 6.54 Å². The van der Waals surface area contributed by atoms with Crippen molar-refractivity contribution >= 4 is 11.7 Å². The van der Waals surface area contributed by atoms with Crippen LogP contribution in [0.3, 0.4) is 0 Å². The Labute approximate surface area is 101 Å². The van der Waals surface area contributed by atoms with Crippen LogP contribution < -0.4 is 0 Å². The van der Waals surface area contributed by atoms with Crippen LogP contribution in [0.25, 0.3) is 0 Å². The molecule has 2 rings (SSSR count). The Bertz CT molecular complexity index is 560. The summed E-state index contributed by atoms with van der Waals surface area (Å²) in [5.41, 5.74) is -0.166. The normalized spacial score (nSPS) is 10.2. The van der Waals surface area contributed by atoms with Crippen molar-refractivity contribution in [3.63, 3.8) is 0 Å². The summed E-state index contributed by atoms with van der Waals surface area (Å²) in [6.07, 6.45) is 1.12. The zero-order chi connectivity index (χ0) is 13.1. The summed E-state index contributed by atoms with van der Waals surface area (Å²) < 4.78 is 1.25. The smallest absolute Gasteiger partial charge is 0.363 e. The number of rotatable bonds is 4. The number of aromatic carboxylic acids is 1. The summed E-state index contributed by atoms with van der Waals surface area (Å²) in [7, 11) is 0. The first kappa shape index (κ1) is 11.8. The Morgan fingerprint density at radius 2 is 2.06 bits per heavy atom. The van der Waals surface area contributed by atoms with Gasteiger partial charge in [0.2, 0.25) is 5.69 Å². The zero-order valence-electron chi connectivity index (χ0n) is 9.18. The second-order valence-electron chi connectivity index (χ2n) is 3.61. The number of nitrogens with zero attached hydrogens (tertiary/aromatic N) is 3. The van der Waals surface area contributed by atoms with Crippen LogP contribution in [0.1, 0.15) is 16.1 Å². The lowest BCUT2D eigenvalue weighted by atomic mass is 10.2. The standard InChI is InChI=1S/C11H9N3O4/c15-11(16)10-9(14(17)18)7-13(12-10)6-8-4-2-1-3-5-8/h1-5,7H,6H2,(H,15,16). The van der Waals surface area contributed by atoms with Gasteiger partial charge in [0.05, 0.1) is 11.5 Å². The first-order chi connectivity index (χ1) is 8.58. The zero-order valence-corrected chi connectivity index (χ0v) is 9.18. The molecular weight excluding hydrogens is 238 g/mol. The fourth-order valence-electron chi connectivity index (χ4n) is 1.55. The largest absolute Gasteiger partial charge is 0.476 e. The predicted octanol–water partition coefficient (Wildman–Crippen LogP) is 1.54. The molecule has 0 saturated carbocycles. The van der Waals surface area contributed by atoms with E-state index in [0.29, 0.717) is 0 Å². The van der Waals surface area contributed by atoms with E-state index in [-0.39, 0.29) is 6.54 Å². The van der Waals surface area contributed by atoms with E-state index in [1.165, 1.54) is 4.68 Å². The highest BCUT2D eigenvalue weighted by atomic mass is 16.6. The molecule has 0 aliphatic rings. The molecule has 7 nitrogen and oxygen atoms in total. The molecule has 7 heteroatoms. The maximum atomic E-state index is 10.8. The fourth-order valence-corrected chi connectivity index (χ4v) is 1.55. The second-order valence-corrected chi connectivity index (χ2v) is 3.61. The molecule has 2 aromatic rings. The predicted molar refractivity (Wildman–Crippen MR) is 61.4 cm³/mol. The Morgan fingerprint density at radius 1 is 1.39 bits per heavy atom.